The highest BCUT2D eigenvalue weighted by atomic mass is 32.1. The molecule has 0 saturated carbocycles. The molecule has 0 bridgehead atoms. The molecule has 1 fully saturated rings. The third-order valence-electron chi connectivity index (χ3n) is 6.03. The number of benzene rings is 1. The second-order valence-corrected chi connectivity index (χ2v) is 9.24. The van der Waals surface area contributed by atoms with E-state index in [0.717, 1.165) is 37.3 Å². The molecule has 4 heterocycles. The maximum Gasteiger partial charge on any atom is 0.268 e. The van der Waals surface area contributed by atoms with Crippen LogP contribution >= 0.6 is 11.3 Å². The lowest BCUT2D eigenvalue weighted by atomic mass is 10.1. The molecular formula is C24H25N5O2S. The van der Waals surface area contributed by atoms with Gasteiger partial charge in [0.25, 0.3) is 5.56 Å². The van der Waals surface area contributed by atoms with Crippen molar-refractivity contribution in [1.29, 1.82) is 0 Å². The predicted molar refractivity (Wildman–Crippen MR) is 126 cm³/mol. The lowest BCUT2D eigenvalue weighted by Gasteiger charge is -2.14. The molecule has 3 aromatic heterocycles. The Morgan fingerprint density at radius 1 is 1.09 bits per heavy atom. The molecule has 0 aliphatic carbocycles. The van der Waals surface area contributed by atoms with Gasteiger partial charge in [0, 0.05) is 29.9 Å². The number of rotatable bonds is 4. The number of aryl methyl sites for hydroxylation is 3. The molecule has 1 amide bonds. The van der Waals surface area contributed by atoms with Crippen LogP contribution in [-0.4, -0.2) is 43.1 Å². The van der Waals surface area contributed by atoms with Crippen LogP contribution in [0.25, 0.3) is 21.9 Å². The zero-order valence-electron chi connectivity index (χ0n) is 18.5. The van der Waals surface area contributed by atoms with Gasteiger partial charge in [-0.1, -0.05) is 17.7 Å². The van der Waals surface area contributed by atoms with E-state index in [-0.39, 0.29) is 17.9 Å². The summed E-state index contributed by atoms with van der Waals surface area (Å²) >= 11 is 1.39. The van der Waals surface area contributed by atoms with Gasteiger partial charge >= 0.3 is 0 Å². The monoisotopic (exact) mass is 447 g/mol. The van der Waals surface area contributed by atoms with E-state index in [2.05, 4.69) is 4.98 Å². The third-order valence-corrected chi connectivity index (χ3v) is 6.91. The number of hydrogen-bond acceptors (Lipinski definition) is 5. The number of likely N-dealkylation sites (tertiary alicyclic amines) is 1. The SMILES string of the molecule is Cc1ccc(-n2nc(-c3c(C)nc4scc(CC(=O)N5CCCC5)n4c3=O)cc2C)cc1. The number of carbonyl (C=O) groups excluding carboxylic acids is 1. The van der Waals surface area contributed by atoms with Gasteiger partial charge in [0.05, 0.1) is 23.4 Å². The van der Waals surface area contributed by atoms with E-state index in [1.165, 1.54) is 16.9 Å². The summed E-state index contributed by atoms with van der Waals surface area (Å²) in [5.74, 6) is 0.0655. The number of hydrogen-bond donors (Lipinski definition) is 0. The van der Waals surface area contributed by atoms with Gasteiger partial charge in [0.2, 0.25) is 5.91 Å². The summed E-state index contributed by atoms with van der Waals surface area (Å²) < 4.78 is 3.43. The Balaban J connectivity index is 1.57. The molecule has 164 valence electrons. The minimum absolute atomic E-state index is 0.0655. The molecule has 1 saturated heterocycles. The summed E-state index contributed by atoms with van der Waals surface area (Å²) in [5.41, 5.74) is 5.28. The van der Waals surface area contributed by atoms with Gasteiger partial charge in [-0.2, -0.15) is 5.10 Å². The van der Waals surface area contributed by atoms with Crippen LogP contribution in [0.2, 0.25) is 0 Å². The van der Waals surface area contributed by atoms with Gasteiger partial charge in [0.15, 0.2) is 4.96 Å². The minimum Gasteiger partial charge on any atom is -0.342 e. The molecule has 1 aliphatic rings. The van der Waals surface area contributed by atoms with E-state index in [0.29, 0.717) is 27.6 Å². The molecule has 1 aliphatic heterocycles. The van der Waals surface area contributed by atoms with Crippen molar-refractivity contribution in [2.45, 2.75) is 40.0 Å². The van der Waals surface area contributed by atoms with E-state index in [4.69, 9.17) is 5.10 Å². The van der Waals surface area contributed by atoms with Crippen molar-refractivity contribution >= 4 is 22.2 Å². The standard InChI is InChI=1S/C24H25N5O2S/c1-15-6-8-18(9-7-15)29-16(2)12-20(26-29)22-17(3)25-24-28(23(22)31)19(14-32-24)13-21(30)27-10-4-5-11-27/h6-9,12,14H,4-5,10-11,13H2,1-3H3. The fraction of sp³-hybridized carbons (Fsp3) is 0.333. The number of aromatic nitrogens is 4. The number of amides is 1. The third kappa shape index (κ3) is 3.54. The van der Waals surface area contributed by atoms with Crippen LogP contribution in [0.4, 0.5) is 0 Å². The zero-order valence-corrected chi connectivity index (χ0v) is 19.3. The van der Waals surface area contributed by atoms with Crippen LogP contribution in [-0.2, 0) is 11.2 Å². The molecule has 0 spiro atoms. The summed E-state index contributed by atoms with van der Waals surface area (Å²) in [7, 11) is 0. The molecule has 0 radical (unpaired) electrons. The van der Waals surface area contributed by atoms with Crippen LogP contribution in [0, 0.1) is 20.8 Å². The maximum atomic E-state index is 13.6. The van der Waals surface area contributed by atoms with Crippen molar-refractivity contribution in [3.8, 4) is 16.9 Å². The highest BCUT2D eigenvalue weighted by Gasteiger charge is 2.23. The second kappa shape index (κ2) is 8.02. The first-order chi connectivity index (χ1) is 15.4. The summed E-state index contributed by atoms with van der Waals surface area (Å²) in [6.07, 6.45) is 2.30. The highest BCUT2D eigenvalue weighted by Crippen LogP contribution is 2.24. The molecule has 0 N–H and O–H groups in total. The first-order valence-corrected chi connectivity index (χ1v) is 11.7. The van der Waals surface area contributed by atoms with Gasteiger partial charge in [-0.15, -0.1) is 11.3 Å². The Morgan fingerprint density at radius 2 is 1.81 bits per heavy atom. The van der Waals surface area contributed by atoms with Crippen molar-refractivity contribution in [2.75, 3.05) is 13.1 Å². The van der Waals surface area contributed by atoms with Gasteiger partial charge in [-0.25, -0.2) is 9.67 Å². The van der Waals surface area contributed by atoms with E-state index >= 15 is 0 Å². The average Bonchev–Trinajstić information content (AvgIpc) is 3.50. The van der Waals surface area contributed by atoms with Crippen LogP contribution in [0.1, 0.15) is 35.5 Å². The van der Waals surface area contributed by atoms with Crippen LogP contribution < -0.4 is 5.56 Å². The number of carbonyl (C=O) groups is 1. The first kappa shape index (κ1) is 20.6. The van der Waals surface area contributed by atoms with Crippen molar-refractivity contribution in [3.63, 3.8) is 0 Å². The molecular weight excluding hydrogens is 422 g/mol. The summed E-state index contributed by atoms with van der Waals surface area (Å²) in [6.45, 7) is 7.46. The number of nitrogens with zero attached hydrogens (tertiary/aromatic N) is 5. The Kier molecular flexibility index (Phi) is 5.17. The summed E-state index contributed by atoms with van der Waals surface area (Å²) in [4.78, 5) is 33.4. The minimum atomic E-state index is -0.175. The lowest BCUT2D eigenvalue weighted by molar-refractivity contribution is -0.129. The summed E-state index contributed by atoms with van der Waals surface area (Å²) in [6, 6.07) is 10.0. The normalized spacial score (nSPS) is 13.9. The largest absolute Gasteiger partial charge is 0.342 e. The molecule has 4 aromatic rings. The van der Waals surface area contributed by atoms with E-state index in [1.807, 2.05) is 66.1 Å². The topological polar surface area (TPSA) is 72.5 Å². The molecule has 0 unspecified atom stereocenters. The fourth-order valence-corrected chi connectivity index (χ4v) is 5.23. The molecule has 5 rings (SSSR count). The quantitative estimate of drug-likeness (QED) is 0.478. The number of thiazole rings is 1. The summed E-state index contributed by atoms with van der Waals surface area (Å²) in [5, 5.41) is 6.61. The second-order valence-electron chi connectivity index (χ2n) is 8.41. The van der Waals surface area contributed by atoms with E-state index in [1.54, 1.807) is 4.40 Å². The Labute approximate surface area is 190 Å². The number of fused-ring (bicyclic) bond motifs is 1. The van der Waals surface area contributed by atoms with Gasteiger partial charge < -0.3 is 4.90 Å². The molecule has 32 heavy (non-hydrogen) atoms. The zero-order chi connectivity index (χ0) is 22.4. The lowest BCUT2D eigenvalue weighted by Crippen LogP contribution is -2.30. The highest BCUT2D eigenvalue weighted by molar-refractivity contribution is 7.15. The van der Waals surface area contributed by atoms with Crippen molar-refractivity contribution in [3.05, 3.63) is 68.7 Å². The first-order valence-electron chi connectivity index (χ1n) is 10.8. The Hall–Kier alpha value is -3.26. The van der Waals surface area contributed by atoms with Crippen LogP contribution in [0.15, 0.2) is 40.5 Å². The predicted octanol–water partition coefficient (Wildman–Crippen LogP) is 3.70. The van der Waals surface area contributed by atoms with Gasteiger partial charge in [0.1, 0.15) is 5.69 Å². The van der Waals surface area contributed by atoms with Crippen molar-refractivity contribution in [1.82, 2.24) is 24.1 Å². The Morgan fingerprint density at radius 3 is 2.53 bits per heavy atom. The van der Waals surface area contributed by atoms with Crippen LogP contribution in [0.3, 0.4) is 0 Å². The molecule has 7 nitrogen and oxygen atoms in total. The van der Waals surface area contributed by atoms with E-state index < -0.39 is 0 Å². The van der Waals surface area contributed by atoms with Crippen molar-refractivity contribution in [2.24, 2.45) is 0 Å². The molecule has 1 aromatic carbocycles. The Bertz CT molecular complexity index is 1370. The molecule has 8 heteroatoms. The molecule has 0 atom stereocenters. The van der Waals surface area contributed by atoms with Gasteiger partial charge in [-0.05, 0) is 51.8 Å². The smallest absolute Gasteiger partial charge is 0.268 e. The fourth-order valence-electron chi connectivity index (χ4n) is 4.30. The van der Waals surface area contributed by atoms with E-state index in [9.17, 15) is 9.59 Å². The average molecular weight is 448 g/mol. The van der Waals surface area contributed by atoms with Crippen molar-refractivity contribution < 1.29 is 4.79 Å². The van der Waals surface area contributed by atoms with Crippen LogP contribution in [0.5, 0.6) is 0 Å². The van der Waals surface area contributed by atoms with Gasteiger partial charge in [-0.3, -0.25) is 14.0 Å². The maximum absolute atomic E-state index is 13.6.